The first kappa shape index (κ1) is 12.5. The molecule has 0 radical (unpaired) electrons. The maximum absolute atomic E-state index is 11.3. The maximum Gasteiger partial charge on any atom is 0.153 e. The molecule has 96 valence electrons. The summed E-state index contributed by atoms with van der Waals surface area (Å²) in [5.41, 5.74) is 0. The van der Waals surface area contributed by atoms with Gasteiger partial charge in [0.15, 0.2) is 15.7 Å². The number of aromatic amines is 1. The average molecular weight is 258 g/mol. The van der Waals surface area contributed by atoms with E-state index in [1.54, 1.807) is 0 Å². The van der Waals surface area contributed by atoms with Crippen LogP contribution in [0.4, 0.5) is 0 Å². The van der Waals surface area contributed by atoms with Gasteiger partial charge in [-0.3, -0.25) is 5.10 Å². The van der Waals surface area contributed by atoms with Crippen molar-refractivity contribution in [3.63, 3.8) is 0 Å². The normalized spacial score (nSPS) is 23.4. The number of sulfone groups is 1. The highest BCUT2D eigenvalue weighted by Crippen LogP contribution is 2.12. The predicted molar refractivity (Wildman–Crippen MR) is 64.4 cm³/mol. The molecule has 2 N–H and O–H groups in total. The summed E-state index contributed by atoms with van der Waals surface area (Å²) in [5.74, 6) is 2.38. The lowest BCUT2D eigenvalue weighted by Gasteiger charge is -2.07. The number of nitrogens with zero attached hydrogens (tertiary/aromatic N) is 2. The fourth-order valence-electron chi connectivity index (χ4n) is 1.84. The second-order valence-corrected chi connectivity index (χ2v) is 7.00. The van der Waals surface area contributed by atoms with Crippen molar-refractivity contribution >= 4 is 9.84 Å². The lowest BCUT2D eigenvalue weighted by molar-refractivity contribution is 0.542. The summed E-state index contributed by atoms with van der Waals surface area (Å²) in [5, 5.41) is 10.1. The summed E-state index contributed by atoms with van der Waals surface area (Å²) in [7, 11) is -2.82. The van der Waals surface area contributed by atoms with Gasteiger partial charge in [-0.15, -0.1) is 0 Å². The topological polar surface area (TPSA) is 87.7 Å². The molecular weight excluding hydrogens is 240 g/mol. The number of rotatable bonds is 4. The van der Waals surface area contributed by atoms with E-state index in [4.69, 9.17) is 0 Å². The first-order chi connectivity index (χ1) is 7.96. The number of aromatic nitrogens is 3. The van der Waals surface area contributed by atoms with Crippen molar-refractivity contribution in [2.24, 2.45) is 0 Å². The molecule has 1 unspecified atom stereocenters. The van der Waals surface area contributed by atoms with E-state index in [0.29, 0.717) is 18.9 Å². The van der Waals surface area contributed by atoms with E-state index in [-0.39, 0.29) is 17.5 Å². The van der Waals surface area contributed by atoms with Crippen LogP contribution in [0.25, 0.3) is 0 Å². The largest absolute Gasteiger partial charge is 0.306 e. The van der Waals surface area contributed by atoms with E-state index in [0.717, 1.165) is 11.6 Å². The molecule has 17 heavy (non-hydrogen) atoms. The molecule has 0 aromatic carbocycles. The second-order valence-electron chi connectivity index (χ2n) is 4.78. The van der Waals surface area contributed by atoms with Gasteiger partial charge in [-0.05, 0) is 6.42 Å². The zero-order valence-corrected chi connectivity index (χ0v) is 10.9. The van der Waals surface area contributed by atoms with Crippen LogP contribution in [0.1, 0.15) is 37.8 Å². The molecule has 7 heteroatoms. The molecule has 1 aromatic heterocycles. The lowest BCUT2D eigenvalue weighted by atomic mass is 10.2. The van der Waals surface area contributed by atoms with E-state index >= 15 is 0 Å². The van der Waals surface area contributed by atoms with Crippen LogP contribution in [0, 0.1) is 0 Å². The third kappa shape index (κ3) is 3.26. The Morgan fingerprint density at radius 1 is 1.53 bits per heavy atom. The number of hydrogen-bond acceptors (Lipinski definition) is 5. The molecule has 2 heterocycles. The van der Waals surface area contributed by atoms with Gasteiger partial charge >= 0.3 is 0 Å². The molecule has 1 fully saturated rings. The second kappa shape index (κ2) is 4.73. The quantitative estimate of drug-likeness (QED) is 0.805. The van der Waals surface area contributed by atoms with Gasteiger partial charge < -0.3 is 5.32 Å². The minimum Gasteiger partial charge on any atom is -0.306 e. The van der Waals surface area contributed by atoms with Crippen molar-refractivity contribution < 1.29 is 8.42 Å². The average Bonchev–Trinajstić information content (AvgIpc) is 2.81. The Labute approximate surface area is 101 Å². The van der Waals surface area contributed by atoms with Crippen LogP contribution in [0.15, 0.2) is 0 Å². The van der Waals surface area contributed by atoms with Crippen LogP contribution < -0.4 is 5.32 Å². The monoisotopic (exact) mass is 258 g/mol. The predicted octanol–water partition coefficient (Wildman–Crippen LogP) is 0.205. The zero-order chi connectivity index (χ0) is 12.5. The summed E-state index contributed by atoms with van der Waals surface area (Å²) < 4.78 is 22.5. The van der Waals surface area contributed by atoms with Crippen molar-refractivity contribution in [2.45, 2.75) is 38.8 Å². The number of nitrogens with one attached hydrogen (secondary N) is 2. The summed E-state index contributed by atoms with van der Waals surface area (Å²) >= 11 is 0. The number of H-pyrrole nitrogens is 1. The van der Waals surface area contributed by atoms with Crippen LogP contribution in [0.5, 0.6) is 0 Å². The smallest absolute Gasteiger partial charge is 0.153 e. The summed E-state index contributed by atoms with van der Waals surface area (Å²) in [6, 6.07) is 0.0487. The number of hydrogen-bond donors (Lipinski definition) is 2. The Morgan fingerprint density at radius 3 is 2.82 bits per heavy atom. The molecule has 6 nitrogen and oxygen atoms in total. The third-order valence-corrected chi connectivity index (χ3v) is 4.62. The van der Waals surface area contributed by atoms with Crippen molar-refractivity contribution in [2.75, 3.05) is 11.5 Å². The van der Waals surface area contributed by atoms with Gasteiger partial charge in [0.1, 0.15) is 5.82 Å². The fourth-order valence-corrected chi connectivity index (χ4v) is 3.55. The highest BCUT2D eigenvalue weighted by molar-refractivity contribution is 7.91. The highest BCUT2D eigenvalue weighted by Gasteiger charge is 2.27. The molecule has 1 aliphatic rings. The van der Waals surface area contributed by atoms with Gasteiger partial charge in [0, 0.05) is 12.0 Å². The van der Waals surface area contributed by atoms with Crippen molar-refractivity contribution in [1.82, 2.24) is 20.5 Å². The van der Waals surface area contributed by atoms with Crippen LogP contribution >= 0.6 is 0 Å². The minimum absolute atomic E-state index is 0.0487. The zero-order valence-electron chi connectivity index (χ0n) is 10.1. The Hall–Kier alpha value is -0.950. The first-order valence-electron chi connectivity index (χ1n) is 5.81. The molecule has 1 aromatic rings. The van der Waals surface area contributed by atoms with Gasteiger partial charge in [-0.2, -0.15) is 5.10 Å². The minimum atomic E-state index is -2.82. The maximum atomic E-state index is 11.3. The Kier molecular flexibility index (Phi) is 3.48. The lowest BCUT2D eigenvalue weighted by Crippen LogP contribution is -2.29. The molecule has 1 saturated heterocycles. The van der Waals surface area contributed by atoms with E-state index in [2.05, 4.69) is 20.5 Å². The summed E-state index contributed by atoms with van der Waals surface area (Å²) in [6.45, 7) is 4.60. The van der Waals surface area contributed by atoms with Crippen molar-refractivity contribution in [3.8, 4) is 0 Å². The fraction of sp³-hybridized carbons (Fsp3) is 0.800. The molecule has 0 saturated carbocycles. The standard InChI is InChI=1S/C10H18N4O2S/c1-7(2)10-12-9(13-14-10)5-11-8-3-4-17(15,16)6-8/h7-8,11H,3-6H2,1-2H3,(H,12,13,14). The molecule has 0 amide bonds. The van der Waals surface area contributed by atoms with E-state index in [1.165, 1.54) is 0 Å². The molecule has 0 aliphatic carbocycles. The van der Waals surface area contributed by atoms with Gasteiger partial charge in [0.05, 0.1) is 18.1 Å². The van der Waals surface area contributed by atoms with Crippen LogP contribution in [0.3, 0.4) is 0 Å². The van der Waals surface area contributed by atoms with Crippen LogP contribution in [-0.2, 0) is 16.4 Å². The molecule has 2 rings (SSSR count). The SMILES string of the molecule is CC(C)c1n[nH]c(CNC2CCS(=O)(=O)C2)n1. The van der Waals surface area contributed by atoms with E-state index < -0.39 is 9.84 Å². The van der Waals surface area contributed by atoms with Gasteiger partial charge in [0.2, 0.25) is 0 Å². The van der Waals surface area contributed by atoms with Crippen molar-refractivity contribution in [3.05, 3.63) is 11.6 Å². The van der Waals surface area contributed by atoms with Crippen LogP contribution in [-0.4, -0.2) is 41.1 Å². The van der Waals surface area contributed by atoms with Gasteiger partial charge in [-0.25, -0.2) is 13.4 Å². The third-order valence-electron chi connectivity index (χ3n) is 2.86. The van der Waals surface area contributed by atoms with E-state index in [9.17, 15) is 8.42 Å². The molecular formula is C10H18N4O2S. The van der Waals surface area contributed by atoms with Crippen LogP contribution in [0.2, 0.25) is 0 Å². The Bertz CT molecular complexity index is 480. The Balaban J connectivity index is 1.86. The molecule has 0 spiro atoms. The van der Waals surface area contributed by atoms with Gasteiger partial charge in [0.25, 0.3) is 0 Å². The highest BCUT2D eigenvalue weighted by atomic mass is 32.2. The Morgan fingerprint density at radius 2 is 2.29 bits per heavy atom. The molecule has 1 aliphatic heterocycles. The van der Waals surface area contributed by atoms with Crippen molar-refractivity contribution in [1.29, 1.82) is 0 Å². The van der Waals surface area contributed by atoms with Gasteiger partial charge in [-0.1, -0.05) is 13.8 Å². The summed E-state index contributed by atoms with van der Waals surface area (Å²) in [4.78, 5) is 4.33. The molecule has 1 atom stereocenters. The summed E-state index contributed by atoms with van der Waals surface area (Å²) in [6.07, 6.45) is 0.688. The van der Waals surface area contributed by atoms with E-state index in [1.807, 2.05) is 13.8 Å². The first-order valence-corrected chi connectivity index (χ1v) is 7.63. The molecule has 0 bridgehead atoms.